The molecule has 0 amide bonds. The maximum absolute atomic E-state index is 14.8. The molecule has 0 N–H and O–H groups in total. The average Bonchev–Trinajstić information content (AvgIpc) is 2.95. The smallest absolute Gasteiger partial charge is 0.148 e. The van der Waals surface area contributed by atoms with Crippen molar-refractivity contribution in [1.29, 1.82) is 10.5 Å². The number of nitriles is 2. The summed E-state index contributed by atoms with van der Waals surface area (Å²) >= 11 is 0. The van der Waals surface area contributed by atoms with Crippen LogP contribution < -0.4 is 0 Å². The minimum atomic E-state index is -0.529. The molecule has 0 aliphatic carbocycles. The number of aromatic nitrogens is 1. The Morgan fingerprint density at radius 3 is 2.28 bits per heavy atom. The van der Waals surface area contributed by atoms with Crippen LogP contribution in [0.4, 0.5) is 4.39 Å². The van der Waals surface area contributed by atoms with Crippen molar-refractivity contribution in [3.63, 3.8) is 0 Å². The van der Waals surface area contributed by atoms with Gasteiger partial charge in [0, 0.05) is 10.8 Å². The van der Waals surface area contributed by atoms with Gasteiger partial charge >= 0.3 is 0 Å². The lowest BCUT2D eigenvalue weighted by molar-refractivity contribution is 0.620. The highest BCUT2D eigenvalue weighted by atomic mass is 19.1. The van der Waals surface area contributed by atoms with Gasteiger partial charge in [-0.25, -0.2) is 4.39 Å². The lowest BCUT2D eigenvalue weighted by Crippen LogP contribution is -2.00. The summed E-state index contributed by atoms with van der Waals surface area (Å²) in [6, 6.07) is 20.2. The summed E-state index contributed by atoms with van der Waals surface area (Å²) in [5, 5.41) is 20.4. The van der Waals surface area contributed by atoms with Crippen molar-refractivity contribution in [2.24, 2.45) is 0 Å². The van der Waals surface area contributed by atoms with E-state index in [1.54, 1.807) is 4.57 Å². The summed E-state index contributed by atoms with van der Waals surface area (Å²) in [4.78, 5) is 0. The van der Waals surface area contributed by atoms with Gasteiger partial charge in [-0.05, 0) is 37.3 Å². The van der Waals surface area contributed by atoms with E-state index in [9.17, 15) is 9.65 Å². The molecular weight excluding hydrogens is 313 g/mol. The molecule has 118 valence electrons. The molecule has 0 saturated heterocycles. The molecule has 0 aliphatic rings. The van der Waals surface area contributed by atoms with E-state index >= 15 is 0 Å². The number of para-hydroxylation sites is 1. The molecular formula is C21H12FN3. The molecule has 25 heavy (non-hydrogen) atoms. The predicted molar refractivity (Wildman–Crippen MR) is 94.9 cm³/mol. The number of aryl methyl sites for hydroxylation is 1. The normalized spacial score (nSPS) is 10.7. The lowest BCUT2D eigenvalue weighted by Gasteiger charge is -2.10. The maximum atomic E-state index is 14.8. The predicted octanol–water partition coefficient (Wildman–Crippen LogP) is 4.97. The Morgan fingerprint density at radius 2 is 1.52 bits per heavy atom. The number of halogens is 1. The first-order valence-electron chi connectivity index (χ1n) is 7.78. The lowest BCUT2D eigenvalue weighted by atomic mass is 10.1. The van der Waals surface area contributed by atoms with Crippen molar-refractivity contribution in [2.75, 3.05) is 0 Å². The summed E-state index contributed by atoms with van der Waals surface area (Å²) in [6.45, 7) is 2.02. The Balaban J connectivity index is 2.18. The second kappa shape index (κ2) is 5.47. The molecule has 1 aromatic heterocycles. The Morgan fingerprint density at radius 1 is 0.840 bits per heavy atom. The average molecular weight is 325 g/mol. The van der Waals surface area contributed by atoms with Crippen LogP contribution in [0.3, 0.4) is 0 Å². The fourth-order valence-corrected chi connectivity index (χ4v) is 3.26. The molecule has 4 aromatic rings. The zero-order chi connectivity index (χ0) is 17.6. The quantitative estimate of drug-likeness (QED) is 0.496. The van der Waals surface area contributed by atoms with E-state index in [1.807, 2.05) is 55.5 Å². The van der Waals surface area contributed by atoms with Crippen molar-refractivity contribution in [3.8, 4) is 17.8 Å². The van der Waals surface area contributed by atoms with Gasteiger partial charge in [-0.2, -0.15) is 10.5 Å². The standard InChI is InChI=1S/C21H12FN3/c1-13-6-7-20-17(8-13)16-4-2-3-5-19(16)25(20)21-10-15(12-24)14(11-23)9-18(21)22/h2-10H,1H3. The minimum Gasteiger partial charge on any atom is -0.306 e. The van der Waals surface area contributed by atoms with Crippen LogP contribution in [0.25, 0.3) is 27.5 Å². The summed E-state index contributed by atoms with van der Waals surface area (Å²) < 4.78 is 16.6. The van der Waals surface area contributed by atoms with E-state index in [2.05, 4.69) is 6.07 Å². The number of nitrogens with zero attached hydrogens (tertiary/aromatic N) is 3. The Labute approximate surface area is 143 Å². The summed E-state index contributed by atoms with van der Waals surface area (Å²) in [5.74, 6) is -0.529. The largest absolute Gasteiger partial charge is 0.306 e. The van der Waals surface area contributed by atoms with E-state index in [-0.39, 0.29) is 16.8 Å². The van der Waals surface area contributed by atoms with E-state index in [0.29, 0.717) is 0 Å². The molecule has 0 spiro atoms. The second-order valence-corrected chi connectivity index (χ2v) is 5.95. The molecule has 4 rings (SSSR count). The molecule has 3 aromatic carbocycles. The number of benzene rings is 3. The molecule has 1 heterocycles. The van der Waals surface area contributed by atoms with Gasteiger partial charge in [0.1, 0.15) is 18.0 Å². The van der Waals surface area contributed by atoms with Crippen LogP contribution in [-0.2, 0) is 0 Å². The highest BCUT2D eigenvalue weighted by Gasteiger charge is 2.17. The molecule has 0 bridgehead atoms. The highest BCUT2D eigenvalue weighted by molar-refractivity contribution is 6.09. The third-order valence-corrected chi connectivity index (χ3v) is 4.40. The molecule has 0 aliphatic heterocycles. The van der Waals surface area contributed by atoms with Gasteiger partial charge in [-0.15, -0.1) is 0 Å². The summed E-state index contributed by atoms with van der Waals surface area (Å²) in [6.07, 6.45) is 0. The molecule has 0 saturated carbocycles. The van der Waals surface area contributed by atoms with Gasteiger partial charge in [-0.1, -0.05) is 29.8 Å². The molecule has 4 heteroatoms. The van der Waals surface area contributed by atoms with Crippen molar-refractivity contribution < 1.29 is 4.39 Å². The highest BCUT2D eigenvalue weighted by Crippen LogP contribution is 2.33. The number of hydrogen-bond acceptors (Lipinski definition) is 2. The SMILES string of the molecule is Cc1ccc2c(c1)c1ccccc1n2-c1cc(C#N)c(C#N)cc1F. The molecule has 0 atom stereocenters. The van der Waals surface area contributed by atoms with Crippen LogP contribution in [-0.4, -0.2) is 4.57 Å². The van der Waals surface area contributed by atoms with Gasteiger partial charge in [0.2, 0.25) is 0 Å². The number of hydrogen-bond donors (Lipinski definition) is 0. The Bertz CT molecular complexity index is 1240. The third kappa shape index (κ3) is 2.16. The summed E-state index contributed by atoms with van der Waals surface area (Å²) in [5.41, 5.74) is 3.31. The molecule has 0 fully saturated rings. The van der Waals surface area contributed by atoms with E-state index in [1.165, 1.54) is 6.07 Å². The van der Waals surface area contributed by atoms with Gasteiger partial charge in [-0.3, -0.25) is 0 Å². The monoisotopic (exact) mass is 325 g/mol. The van der Waals surface area contributed by atoms with Crippen molar-refractivity contribution >= 4 is 21.8 Å². The first-order chi connectivity index (χ1) is 12.1. The van der Waals surface area contributed by atoms with E-state index < -0.39 is 5.82 Å². The minimum absolute atomic E-state index is 0.0420. The number of rotatable bonds is 1. The summed E-state index contributed by atoms with van der Waals surface area (Å²) in [7, 11) is 0. The van der Waals surface area contributed by atoms with Crippen LogP contribution in [0.2, 0.25) is 0 Å². The first-order valence-corrected chi connectivity index (χ1v) is 7.78. The zero-order valence-electron chi connectivity index (χ0n) is 13.4. The van der Waals surface area contributed by atoms with Gasteiger partial charge in [0.15, 0.2) is 0 Å². The van der Waals surface area contributed by atoms with Gasteiger partial charge < -0.3 is 4.57 Å². The fraction of sp³-hybridized carbons (Fsp3) is 0.0476. The Kier molecular flexibility index (Phi) is 3.27. The fourth-order valence-electron chi connectivity index (χ4n) is 3.26. The van der Waals surface area contributed by atoms with Crippen molar-refractivity contribution in [3.05, 3.63) is 77.1 Å². The van der Waals surface area contributed by atoms with Gasteiger partial charge in [0.05, 0.1) is 27.8 Å². The van der Waals surface area contributed by atoms with Crippen LogP contribution >= 0.6 is 0 Å². The molecule has 0 radical (unpaired) electrons. The van der Waals surface area contributed by atoms with Crippen LogP contribution in [0, 0.1) is 35.4 Å². The third-order valence-electron chi connectivity index (χ3n) is 4.40. The zero-order valence-corrected chi connectivity index (χ0v) is 13.4. The topological polar surface area (TPSA) is 52.5 Å². The maximum Gasteiger partial charge on any atom is 0.148 e. The molecule has 0 unspecified atom stereocenters. The van der Waals surface area contributed by atoms with Gasteiger partial charge in [0.25, 0.3) is 0 Å². The van der Waals surface area contributed by atoms with Crippen LogP contribution in [0.1, 0.15) is 16.7 Å². The van der Waals surface area contributed by atoms with Crippen molar-refractivity contribution in [2.45, 2.75) is 6.92 Å². The van der Waals surface area contributed by atoms with Crippen LogP contribution in [0.5, 0.6) is 0 Å². The van der Waals surface area contributed by atoms with Crippen molar-refractivity contribution in [1.82, 2.24) is 4.57 Å². The second-order valence-electron chi connectivity index (χ2n) is 5.95. The Hall–Kier alpha value is -3.63. The molecule has 3 nitrogen and oxygen atoms in total. The van der Waals surface area contributed by atoms with Crippen LogP contribution in [0.15, 0.2) is 54.6 Å². The number of fused-ring (bicyclic) bond motifs is 3. The van der Waals surface area contributed by atoms with E-state index in [0.717, 1.165) is 33.4 Å². The van der Waals surface area contributed by atoms with E-state index in [4.69, 9.17) is 5.26 Å². The first kappa shape index (κ1) is 14.9.